The second-order valence-electron chi connectivity index (χ2n) is 6.85. The molecule has 0 amide bonds. The Morgan fingerprint density at radius 2 is 2.00 bits per heavy atom. The number of nitrogens with zero attached hydrogens (tertiary/aromatic N) is 2. The monoisotopic (exact) mass is 281 g/mol. The molecule has 0 aliphatic carbocycles. The Balaban J connectivity index is 2.00. The largest absolute Gasteiger partial charge is 0.311 e. The van der Waals surface area contributed by atoms with Gasteiger partial charge in [0, 0.05) is 37.8 Å². The molecule has 0 spiro atoms. The maximum atomic E-state index is 3.81. The minimum absolute atomic E-state index is 0.694. The second-order valence-corrected chi connectivity index (χ2v) is 6.85. The maximum Gasteiger partial charge on any atom is 0.0227 e. The van der Waals surface area contributed by atoms with Gasteiger partial charge in [-0.3, -0.25) is 4.90 Å². The number of likely N-dealkylation sites (tertiary alicyclic amines) is 1. The van der Waals surface area contributed by atoms with Crippen molar-refractivity contribution in [1.29, 1.82) is 0 Å². The molecule has 0 saturated carbocycles. The first-order valence-corrected chi connectivity index (χ1v) is 8.91. The van der Waals surface area contributed by atoms with Crippen LogP contribution in [0, 0.1) is 5.92 Å². The van der Waals surface area contributed by atoms with Gasteiger partial charge in [0.05, 0.1) is 0 Å². The van der Waals surface area contributed by atoms with Gasteiger partial charge in [-0.15, -0.1) is 0 Å². The lowest BCUT2D eigenvalue weighted by Gasteiger charge is -2.48. The molecular weight excluding hydrogens is 246 g/mol. The van der Waals surface area contributed by atoms with Crippen LogP contribution in [-0.4, -0.2) is 60.6 Å². The molecule has 2 aliphatic rings. The number of nitrogens with one attached hydrogen (secondary N) is 1. The van der Waals surface area contributed by atoms with Crippen molar-refractivity contribution >= 4 is 0 Å². The molecule has 2 saturated heterocycles. The Hall–Kier alpha value is -0.120. The van der Waals surface area contributed by atoms with Crippen LogP contribution in [0.2, 0.25) is 0 Å². The van der Waals surface area contributed by atoms with E-state index in [0.29, 0.717) is 6.04 Å². The molecule has 20 heavy (non-hydrogen) atoms. The molecular formula is C17H35N3. The van der Waals surface area contributed by atoms with Crippen LogP contribution in [0.25, 0.3) is 0 Å². The van der Waals surface area contributed by atoms with Gasteiger partial charge in [-0.05, 0) is 38.3 Å². The SMILES string of the molecule is CCC(C)C1CN(C2CCCN(CC)C2)C(CC)CN1. The summed E-state index contributed by atoms with van der Waals surface area (Å²) >= 11 is 0. The number of hydrogen-bond acceptors (Lipinski definition) is 3. The first kappa shape index (κ1) is 16.3. The molecule has 0 radical (unpaired) electrons. The average molecular weight is 281 g/mol. The van der Waals surface area contributed by atoms with Crippen LogP contribution in [0.3, 0.4) is 0 Å². The van der Waals surface area contributed by atoms with E-state index in [1.165, 1.54) is 58.4 Å². The number of likely N-dealkylation sites (N-methyl/N-ethyl adjacent to an activating group) is 1. The van der Waals surface area contributed by atoms with E-state index >= 15 is 0 Å². The first-order chi connectivity index (χ1) is 9.69. The molecule has 2 fully saturated rings. The van der Waals surface area contributed by atoms with Crippen molar-refractivity contribution in [3.05, 3.63) is 0 Å². The number of hydrogen-bond donors (Lipinski definition) is 1. The third-order valence-electron chi connectivity index (χ3n) is 5.69. The fourth-order valence-electron chi connectivity index (χ4n) is 3.93. The molecule has 2 heterocycles. The molecule has 0 aromatic rings. The third kappa shape index (κ3) is 3.75. The van der Waals surface area contributed by atoms with Gasteiger partial charge in [-0.2, -0.15) is 0 Å². The summed E-state index contributed by atoms with van der Waals surface area (Å²) in [6.45, 7) is 15.6. The summed E-state index contributed by atoms with van der Waals surface area (Å²) in [5.74, 6) is 0.793. The zero-order valence-corrected chi connectivity index (χ0v) is 14.1. The van der Waals surface area contributed by atoms with Gasteiger partial charge < -0.3 is 10.2 Å². The fraction of sp³-hybridized carbons (Fsp3) is 1.00. The highest BCUT2D eigenvalue weighted by Crippen LogP contribution is 2.24. The lowest BCUT2D eigenvalue weighted by atomic mass is 9.92. The summed E-state index contributed by atoms with van der Waals surface area (Å²) in [5.41, 5.74) is 0. The number of piperazine rings is 1. The van der Waals surface area contributed by atoms with Crippen LogP contribution in [0.1, 0.15) is 53.4 Å². The van der Waals surface area contributed by atoms with Gasteiger partial charge in [0.2, 0.25) is 0 Å². The zero-order chi connectivity index (χ0) is 14.5. The fourth-order valence-corrected chi connectivity index (χ4v) is 3.93. The van der Waals surface area contributed by atoms with Gasteiger partial charge in [0.25, 0.3) is 0 Å². The summed E-state index contributed by atoms with van der Waals surface area (Å²) in [6.07, 6.45) is 5.35. The highest BCUT2D eigenvalue weighted by atomic mass is 15.3. The van der Waals surface area contributed by atoms with E-state index in [4.69, 9.17) is 0 Å². The van der Waals surface area contributed by atoms with Crippen LogP contribution in [0.15, 0.2) is 0 Å². The van der Waals surface area contributed by atoms with Crippen LogP contribution in [0.4, 0.5) is 0 Å². The number of piperidine rings is 1. The van der Waals surface area contributed by atoms with Crippen LogP contribution in [-0.2, 0) is 0 Å². The molecule has 0 aromatic carbocycles. The molecule has 1 N–H and O–H groups in total. The molecule has 3 nitrogen and oxygen atoms in total. The molecule has 118 valence electrons. The van der Waals surface area contributed by atoms with E-state index in [2.05, 4.69) is 42.8 Å². The van der Waals surface area contributed by atoms with E-state index in [1.807, 2.05) is 0 Å². The van der Waals surface area contributed by atoms with Crippen LogP contribution >= 0.6 is 0 Å². The summed E-state index contributed by atoms with van der Waals surface area (Å²) in [6, 6.07) is 2.24. The minimum atomic E-state index is 0.694. The quantitative estimate of drug-likeness (QED) is 0.835. The predicted octanol–water partition coefficient (Wildman–Crippen LogP) is 2.57. The van der Waals surface area contributed by atoms with Crippen molar-refractivity contribution in [2.45, 2.75) is 71.5 Å². The van der Waals surface area contributed by atoms with Crippen molar-refractivity contribution in [3.63, 3.8) is 0 Å². The smallest absolute Gasteiger partial charge is 0.0227 e. The molecule has 4 atom stereocenters. The Morgan fingerprint density at radius 3 is 2.65 bits per heavy atom. The van der Waals surface area contributed by atoms with E-state index in [0.717, 1.165) is 18.0 Å². The van der Waals surface area contributed by atoms with Crippen molar-refractivity contribution in [2.75, 3.05) is 32.7 Å². The summed E-state index contributed by atoms with van der Waals surface area (Å²) < 4.78 is 0. The van der Waals surface area contributed by atoms with Crippen LogP contribution < -0.4 is 5.32 Å². The lowest BCUT2D eigenvalue weighted by molar-refractivity contribution is 0.0262. The summed E-state index contributed by atoms with van der Waals surface area (Å²) in [7, 11) is 0. The van der Waals surface area contributed by atoms with E-state index < -0.39 is 0 Å². The minimum Gasteiger partial charge on any atom is -0.311 e. The molecule has 2 rings (SSSR count). The molecule has 3 heteroatoms. The van der Waals surface area contributed by atoms with Gasteiger partial charge >= 0.3 is 0 Å². The highest BCUT2D eigenvalue weighted by Gasteiger charge is 2.35. The van der Waals surface area contributed by atoms with Crippen molar-refractivity contribution < 1.29 is 0 Å². The number of rotatable bonds is 5. The van der Waals surface area contributed by atoms with Crippen molar-refractivity contribution in [1.82, 2.24) is 15.1 Å². The van der Waals surface area contributed by atoms with E-state index in [-0.39, 0.29) is 0 Å². The Bertz CT molecular complexity index is 279. The standard InChI is InChI=1S/C17H35N3/c1-5-14(4)17-13-20(15(6-2)11-18-17)16-9-8-10-19(7-3)12-16/h14-18H,5-13H2,1-4H3. The predicted molar refractivity (Wildman–Crippen MR) is 87.2 cm³/mol. The van der Waals surface area contributed by atoms with Gasteiger partial charge in [-0.1, -0.05) is 34.1 Å². The maximum absolute atomic E-state index is 3.81. The Kier molecular flexibility index (Phi) is 6.31. The van der Waals surface area contributed by atoms with Gasteiger partial charge in [-0.25, -0.2) is 0 Å². The summed E-state index contributed by atoms with van der Waals surface area (Å²) in [5, 5.41) is 3.81. The van der Waals surface area contributed by atoms with Crippen molar-refractivity contribution in [2.24, 2.45) is 5.92 Å². The molecule has 2 aliphatic heterocycles. The summed E-state index contributed by atoms with van der Waals surface area (Å²) in [4.78, 5) is 5.50. The zero-order valence-electron chi connectivity index (χ0n) is 14.1. The van der Waals surface area contributed by atoms with Gasteiger partial charge in [0.15, 0.2) is 0 Å². The first-order valence-electron chi connectivity index (χ1n) is 8.91. The Morgan fingerprint density at radius 1 is 1.20 bits per heavy atom. The molecule has 0 aromatic heterocycles. The average Bonchev–Trinajstić information content (AvgIpc) is 2.53. The van der Waals surface area contributed by atoms with E-state index in [9.17, 15) is 0 Å². The molecule has 4 unspecified atom stereocenters. The lowest BCUT2D eigenvalue weighted by Crippen LogP contribution is -2.63. The third-order valence-corrected chi connectivity index (χ3v) is 5.69. The van der Waals surface area contributed by atoms with Crippen LogP contribution in [0.5, 0.6) is 0 Å². The second kappa shape index (κ2) is 7.77. The van der Waals surface area contributed by atoms with Crippen molar-refractivity contribution in [3.8, 4) is 0 Å². The van der Waals surface area contributed by atoms with E-state index in [1.54, 1.807) is 0 Å². The highest BCUT2D eigenvalue weighted by molar-refractivity contribution is 4.93. The Labute approximate surface area is 126 Å². The molecule has 0 bridgehead atoms. The van der Waals surface area contributed by atoms with Gasteiger partial charge in [0.1, 0.15) is 0 Å². The normalized spacial score (nSPS) is 35.1. The topological polar surface area (TPSA) is 18.5 Å².